The fourth-order valence-corrected chi connectivity index (χ4v) is 2.40. The van der Waals surface area contributed by atoms with Crippen molar-refractivity contribution in [3.63, 3.8) is 0 Å². The summed E-state index contributed by atoms with van der Waals surface area (Å²) in [5, 5.41) is 2.67. The van der Waals surface area contributed by atoms with E-state index in [0.717, 1.165) is 5.56 Å². The minimum Gasteiger partial charge on any atom is -0.465 e. The van der Waals surface area contributed by atoms with Gasteiger partial charge in [-0.05, 0) is 54.8 Å². The summed E-state index contributed by atoms with van der Waals surface area (Å²) in [6.45, 7) is 1.82. The Morgan fingerprint density at radius 1 is 1.07 bits per heavy atom. The third kappa shape index (κ3) is 7.21. The first-order valence-corrected chi connectivity index (χ1v) is 8.98. The molecular formula is C22H22FNO5. The highest BCUT2D eigenvalue weighted by Gasteiger charge is 2.15. The Hall–Kier alpha value is -3.48. The minimum atomic E-state index is -0.956. The zero-order valence-electron chi connectivity index (χ0n) is 16.2. The van der Waals surface area contributed by atoms with Crippen LogP contribution in [-0.4, -0.2) is 37.6 Å². The van der Waals surface area contributed by atoms with Gasteiger partial charge in [0.2, 0.25) is 0 Å². The van der Waals surface area contributed by atoms with Crippen LogP contribution in [0.4, 0.5) is 4.39 Å². The molecule has 2 aromatic rings. The molecule has 2 rings (SSSR count). The van der Waals surface area contributed by atoms with Gasteiger partial charge < -0.3 is 14.8 Å². The number of halogens is 1. The highest BCUT2D eigenvalue weighted by molar-refractivity contribution is 5.91. The van der Waals surface area contributed by atoms with Crippen molar-refractivity contribution < 1.29 is 28.2 Å². The molecule has 0 saturated heterocycles. The molecule has 7 heteroatoms. The molecule has 0 spiro atoms. The van der Waals surface area contributed by atoms with Gasteiger partial charge in [0.1, 0.15) is 5.82 Å². The first-order chi connectivity index (χ1) is 13.9. The van der Waals surface area contributed by atoms with Crippen LogP contribution in [-0.2, 0) is 25.5 Å². The van der Waals surface area contributed by atoms with Crippen LogP contribution in [0.1, 0.15) is 28.4 Å². The molecule has 0 aromatic heterocycles. The zero-order chi connectivity index (χ0) is 21.2. The van der Waals surface area contributed by atoms with Crippen LogP contribution >= 0.6 is 0 Å². The number of carbonyl (C=O) groups is 3. The lowest BCUT2D eigenvalue weighted by atomic mass is 10.1. The SMILES string of the molecule is COC(=O)c1ccc(/C=C/C(=O)O[C@@H](C)C(=O)NCCc2ccc(F)cc2)cc1. The quantitative estimate of drug-likeness (QED) is 0.545. The maximum atomic E-state index is 12.9. The standard InChI is InChI=1S/C22H22FNO5/c1-15(21(26)24-14-13-17-5-10-19(23)11-6-17)29-20(25)12-7-16-3-8-18(9-4-16)22(27)28-2/h3-12,15H,13-14H2,1-2H3,(H,24,26)/b12-7+/t15-/m0/s1. The summed E-state index contributed by atoms with van der Waals surface area (Å²) in [4.78, 5) is 35.3. The van der Waals surface area contributed by atoms with Crippen molar-refractivity contribution in [2.24, 2.45) is 0 Å². The van der Waals surface area contributed by atoms with Gasteiger partial charge in [-0.3, -0.25) is 4.79 Å². The number of carbonyl (C=O) groups excluding carboxylic acids is 3. The van der Waals surface area contributed by atoms with Crippen molar-refractivity contribution in [2.45, 2.75) is 19.4 Å². The highest BCUT2D eigenvalue weighted by Crippen LogP contribution is 2.08. The van der Waals surface area contributed by atoms with Gasteiger partial charge in [0.25, 0.3) is 5.91 Å². The molecular weight excluding hydrogens is 377 g/mol. The molecule has 0 aliphatic heterocycles. The van der Waals surface area contributed by atoms with E-state index in [2.05, 4.69) is 10.1 Å². The van der Waals surface area contributed by atoms with E-state index < -0.39 is 23.9 Å². The number of benzene rings is 2. The van der Waals surface area contributed by atoms with Crippen LogP contribution < -0.4 is 5.32 Å². The average Bonchev–Trinajstić information content (AvgIpc) is 2.73. The second-order valence-corrected chi connectivity index (χ2v) is 6.19. The van der Waals surface area contributed by atoms with Gasteiger partial charge in [0.05, 0.1) is 12.7 Å². The molecule has 0 aliphatic carbocycles. The number of ether oxygens (including phenoxy) is 2. The maximum Gasteiger partial charge on any atom is 0.337 e. The van der Waals surface area contributed by atoms with Gasteiger partial charge in [-0.1, -0.05) is 24.3 Å². The van der Waals surface area contributed by atoms with E-state index in [9.17, 15) is 18.8 Å². The summed E-state index contributed by atoms with van der Waals surface area (Å²) in [6, 6.07) is 12.5. The van der Waals surface area contributed by atoms with E-state index in [1.54, 1.807) is 36.4 Å². The number of amides is 1. The van der Waals surface area contributed by atoms with Gasteiger partial charge in [-0.25, -0.2) is 14.0 Å². The number of esters is 2. The molecule has 1 N–H and O–H groups in total. The highest BCUT2D eigenvalue weighted by atomic mass is 19.1. The first-order valence-electron chi connectivity index (χ1n) is 8.98. The molecule has 0 radical (unpaired) electrons. The molecule has 2 aromatic carbocycles. The Labute approximate surface area is 168 Å². The zero-order valence-corrected chi connectivity index (χ0v) is 16.2. The molecule has 0 bridgehead atoms. The van der Waals surface area contributed by atoms with Gasteiger partial charge in [0.15, 0.2) is 6.10 Å². The summed E-state index contributed by atoms with van der Waals surface area (Å²) in [6.07, 6.45) is 2.30. The molecule has 0 saturated carbocycles. The lowest BCUT2D eigenvalue weighted by Gasteiger charge is -2.12. The third-order valence-electron chi connectivity index (χ3n) is 4.03. The summed E-state index contributed by atoms with van der Waals surface area (Å²) >= 11 is 0. The number of rotatable bonds is 8. The average molecular weight is 399 g/mol. The second kappa shape index (κ2) is 10.8. The molecule has 1 atom stereocenters. The lowest BCUT2D eigenvalue weighted by Crippen LogP contribution is -2.36. The summed E-state index contributed by atoms with van der Waals surface area (Å²) in [5.74, 6) is -1.84. The summed E-state index contributed by atoms with van der Waals surface area (Å²) < 4.78 is 22.5. The van der Waals surface area contributed by atoms with Crippen molar-refractivity contribution in [3.05, 3.63) is 77.1 Å². The molecule has 0 fully saturated rings. The van der Waals surface area contributed by atoms with Crippen molar-refractivity contribution in [3.8, 4) is 0 Å². The Kier molecular flexibility index (Phi) is 8.09. The van der Waals surface area contributed by atoms with Crippen LogP contribution in [0.3, 0.4) is 0 Å². The predicted molar refractivity (Wildman–Crippen MR) is 105 cm³/mol. The lowest BCUT2D eigenvalue weighted by molar-refractivity contribution is -0.150. The van der Waals surface area contributed by atoms with Crippen LogP contribution in [0, 0.1) is 5.82 Å². The number of nitrogens with one attached hydrogen (secondary N) is 1. The maximum absolute atomic E-state index is 12.9. The van der Waals surface area contributed by atoms with E-state index in [1.165, 1.54) is 38.3 Å². The Bertz CT molecular complexity index is 875. The monoisotopic (exact) mass is 399 g/mol. The van der Waals surface area contributed by atoms with Crippen LogP contribution in [0.5, 0.6) is 0 Å². The smallest absolute Gasteiger partial charge is 0.337 e. The van der Waals surface area contributed by atoms with E-state index >= 15 is 0 Å². The van der Waals surface area contributed by atoms with Gasteiger partial charge >= 0.3 is 11.9 Å². The number of methoxy groups -OCH3 is 1. The van der Waals surface area contributed by atoms with Crippen LogP contribution in [0.15, 0.2) is 54.6 Å². The Balaban J connectivity index is 1.76. The van der Waals surface area contributed by atoms with E-state index in [4.69, 9.17) is 4.74 Å². The third-order valence-corrected chi connectivity index (χ3v) is 4.03. The number of hydrogen-bond donors (Lipinski definition) is 1. The molecule has 0 heterocycles. The molecule has 0 unspecified atom stereocenters. The molecule has 1 amide bonds. The van der Waals surface area contributed by atoms with E-state index in [0.29, 0.717) is 24.1 Å². The van der Waals surface area contributed by atoms with E-state index in [-0.39, 0.29) is 5.82 Å². The largest absolute Gasteiger partial charge is 0.465 e. The van der Waals surface area contributed by atoms with Crippen LogP contribution in [0.2, 0.25) is 0 Å². The van der Waals surface area contributed by atoms with Gasteiger partial charge in [-0.2, -0.15) is 0 Å². The molecule has 6 nitrogen and oxygen atoms in total. The molecule has 152 valence electrons. The summed E-state index contributed by atoms with van der Waals surface area (Å²) in [5.41, 5.74) is 1.97. The second-order valence-electron chi connectivity index (χ2n) is 6.19. The predicted octanol–water partition coefficient (Wildman–Crippen LogP) is 2.92. The van der Waals surface area contributed by atoms with Crippen molar-refractivity contribution in [1.82, 2.24) is 5.32 Å². The Morgan fingerprint density at radius 2 is 1.72 bits per heavy atom. The number of hydrogen-bond acceptors (Lipinski definition) is 5. The summed E-state index contributed by atoms with van der Waals surface area (Å²) in [7, 11) is 1.30. The van der Waals surface area contributed by atoms with Crippen molar-refractivity contribution in [1.29, 1.82) is 0 Å². The van der Waals surface area contributed by atoms with Crippen molar-refractivity contribution >= 4 is 23.9 Å². The van der Waals surface area contributed by atoms with Crippen LogP contribution in [0.25, 0.3) is 6.08 Å². The fourth-order valence-electron chi connectivity index (χ4n) is 2.40. The normalized spacial score (nSPS) is 11.7. The fraction of sp³-hybridized carbons (Fsp3) is 0.227. The molecule has 29 heavy (non-hydrogen) atoms. The van der Waals surface area contributed by atoms with E-state index in [1.807, 2.05) is 0 Å². The van der Waals surface area contributed by atoms with Gasteiger partial charge in [0, 0.05) is 12.6 Å². The minimum absolute atomic E-state index is 0.314. The topological polar surface area (TPSA) is 81.7 Å². The molecule has 0 aliphatic rings. The van der Waals surface area contributed by atoms with Crippen molar-refractivity contribution in [2.75, 3.05) is 13.7 Å². The Morgan fingerprint density at radius 3 is 2.34 bits per heavy atom. The van der Waals surface area contributed by atoms with Gasteiger partial charge in [-0.15, -0.1) is 0 Å². The first kappa shape index (κ1) is 21.8.